The summed E-state index contributed by atoms with van der Waals surface area (Å²) in [5.74, 6) is 1.71. The van der Waals surface area contributed by atoms with E-state index in [9.17, 15) is 4.79 Å². The van der Waals surface area contributed by atoms with E-state index in [4.69, 9.17) is 0 Å². The smallest absolute Gasteiger partial charge is 0.225 e. The molecule has 0 spiro atoms. The van der Waals surface area contributed by atoms with Gasteiger partial charge in [-0.15, -0.1) is 12.4 Å². The van der Waals surface area contributed by atoms with Gasteiger partial charge in [0.1, 0.15) is 0 Å². The maximum absolute atomic E-state index is 12.2. The Bertz CT molecular complexity index is 489. The Hall–Kier alpha value is -1.07. The highest BCUT2D eigenvalue weighted by Crippen LogP contribution is 2.23. The molecule has 3 N–H and O–H groups in total. The van der Waals surface area contributed by atoms with Crippen LogP contribution in [0, 0.1) is 17.3 Å². The monoisotopic (exact) mass is 342 g/mol. The van der Waals surface area contributed by atoms with Crippen LogP contribution in [0.4, 0.5) is 5.82 Å². The number of halogens is 1. The van der Waals surface area contributed by atoms with Crippen LogP contribution in [-0.2, 0) is 11.2 Å². The van der Waals surface area contributed by atoms with Crippen molar-refractivity contribution in [2.75, 3.05) is 18.4 Å². The molecule has 0 saturated carbocycles. The molecule has 132 valence electrons. The first-order valence-electron chi connectivity index (χ1n) is 8.38. The largest absolute Gasteiger partial charge is 0.316 e. The summed E-state index contributed by atoms with van der Waals surface area (Å²) in [5, 5.41) is 13.5. The summed E-state index contributed by atoms with van der Waals surface area (Å²) < 4.78 is 0. The maximum Gasteiger partial charge on any atom is 0.225 e. The number of carbonyl (C=O) groups is 1. The van der Waals surface area contributed by atoms with E-state index >= 15 is 0 Å². The number of piperidine rings is 1. The van der Waals surface area contributed by atoms with Crippen LogP contribution < -0.4 is 10.6 Å². The molecule has 1 aromatic heterocycles. The number of amides is 1. The third kappa shape index (κ3) is 6.92. The number of hydrogen-bond acceptors (Lipinski definition) is 3. The number of nitrogens with one attached hydrogen (secondary N) is 3. The van der Waals surface area contributed by atoms with Crippen LogP contribution in [0.5, 0.6) is 0 Å². The topological polar surface area (TPSA) is 69.8 Å². The molecular weight excluding hydrogens is 312 g/mol. The molecule has 0 aromatic carbocycles. The Morgan fingerprint density at radius 3 is 2.83 bits per heavy atom. The van der Waals surface area contributed by atoms with Gasteiger partial charge in [0.15, 0.2) is 5.82 Å². The highest BCUT2D eigenvalue weighted by atomic mass is 35.5. The minimum atomic E-state index is 0. The van der Waals surface area contributed by atoms with Crippen LogP contribution in [0.3, 0.4) is 0 Å². The molecule has 5 nitrogen and oxygen atoms in total. The first-order valence-corrected chi connectivity index (χ1v) is 8.38. The Labute approximate surface area is 145 Å². The zero-order valence-corrected chi connectivity index (χ0v) is 15.6. The number of aromatic amines is 1. The van der Waals surface area contributed by atoms with E-state index in [1.165, 1.54) is 12.8 Å². The fourth-order valence-corrected chi connectivity index (χ4v) is 3.11. The first-order chi connectivity index (χ1) is 10.3. The molecule has 2 unspecified atom stereocenters. The molecule has 2 heterocycles. The fourth-order valence-electron chi connectivity index (χ4n) is 3.11. The van der Waals surface area contributed by atoms with Crippen molar-refractivity contribution in [3.8, 4) is 0 Å². The van der Waals surface area contributed by atoms with Crippen LogP contribution in [0.25, 0.3) is 0 Å². The lowest BCUT2D eigenvalue weighted by Crippen LogP contribution is -2.34. The summed E-state index contributed by atoms with van der Waals surface area (Å²) in [5.41, 5.74) is 1.27. The van der Waals surface area contributed by atoms with Crippen LogP contribution in [0.15, 0.2) is 6.07 Å². The molecule has 1 fully saturated rings. The van der Waals surface area contributed by atoms with Gasteiger partial charge in [0.2, 0.25) is 5.91 Å². The molecule has 1 amide bonds. The maximum atomic E-state index is 12.2. The summed E-state index contributed by atoms with van der Waals surface area (Å²) in [6.07, 6.45) is 3.92. The van der Waals surface area contributed by atoms with Crippen molar-refractivity contribution in [1.29, 1.82) is 0 Å². The SMILES string of the molecule is CC(CC(=O)Nc1cc(CC(C)(C)C)[nH]n1)C1CCCNC1.Cl. The summed E-state index contributed by atoms with van der Waals surface area (Å²) in [7, 11) is 0. The highest BCUT2D eigenvalue weighted by molar-refractivity contribution is 5.89. The van der Waals surface area contributed by atoms with E-state index in [0.717, 1.165) is 25.2 Å². The van der Waals surface area contributed by atoms with Gasteiger partial charge in [-0.2, -0.15) is 5.10 Å². The van der Waals surface area contributed by atoms with Crippen LogP contribution in [0.2, 0.25) is 0 Å². The van der Waals surface area contributed by atoms with Crippen LogP contribution in [-0.4, -0.2) is 29.2 Å². The van der Waals surface area contributed by atoms with E-state index in [1.807, 2.05) is 6.07 Å². The second kappa shape index (κ2) is 8.69. The molecule has 1 saturated heterocycles. The predicted molar refractivity (Wildman–Crippen MR) is 97.0 cm³/mol. The molecule has 6 heteroatoms. The Morgan fingerprint density at radius 2 is 2.22 bits per heavy atom. The van der Waals surface area contributed by atoms with E-state index in [2.05, 4.69) is 48.5 Å². The normalized spacial score (nSPS) is 19.7. The van der Waals surface area contributed by atoms with Crippen molar-refractivity contribution < 1.29 is 4.79 Å². The van der Waals surface area contributed by atoms with Gasteiger partial charge in [-0.3, -0.25) is 9.89 Å². The van der Waals surface area contributed by atoms with E-state index in [-0.39, 0.29) is 23.7 Å². The van der Waals surface area contributed by atoms with Gasteiger partial charge in [-0.1, -0.05) is 27.7 Å². The minimum Gasteiger partial charge on any atom is -0.316 e. The predicted octanol–water partition coefficient (Wildman–Crippen LogP) is 3.38. The molecule has 2 rings (SSSR count). The second-order valence-corrected chi connectivity index (χ2v) is 7.85. The number of hydrogen-bond donors (Lipinski definition) is 3. The lowest BCUT2D eigenvalue weighted by Gasteiger charge is -2.27. The van der Waals surface area contributed by atoms with E-state index < -0.39 is 0 Å². The Morgan fingerprint density at radius 1 is 1.48 bits per heavy atom. The molecule has 1 aliphatic rings. The summed E-state index contributed by atoms with van der Waals surface area (Å²) in [4.78, 5) is 12.2. The molecule has 0 bridgehead atoms. The molecule has 2 atom stereocenters. The van der Waals surface area contributed by atoms with Gasteiger partial charge in [0, 0.05) is 18.2 Å². The third-order valence-corrected chi connectivity index (χ3v) is 4.27. The van der Waals surface area contributed by atoms with E-state index in [1.54, 1.807) is 0 Å². The Balaban J connectivity index is 0.00000264. The zero-order valence-electron chi connectivity index (χ0n) is 14.7. The molecule has 1 aliphatic heterocycles. The molecule has 1 aromatic rings. The molecule has 23 heavy (non-hydrogen) atoms. The quantitative estimate of drug-likeness (QED) is 0.768. The second-order valence-electron chi connectivity index (χ2n) is 7.85. The average molecular weight is 343 g/mol. The number of anilines is 1. The van der Waals surface area contributed by atoms with E-state index in [0.29, 0.717) is 24.1 Å². The highest BCUT2D eigenvalue weighted by Gasteiger charge is 2.22. The van der Waals surface area contributed by atoms with Crippen LogP contribution in [0.1, 0.15) is 52.7 Å². The summed E-state index contributed by atoms with van der Waals surface area (Å²) >= 11 is 0. The van der Waals surface area contributed by atoms with Crippen molar-refractivity contribution in [3.63, 3.8) is 0 Å². The van der Waals surface area contributed by atoms with Gasteiger partial charge in [-0.25, -0.2) is 0 Å². The van der Waals surface area contributed by atoms with Gasteiger partial charge in [-0.05, 0) is 49.6 Å². The van der Waals surface area contributed by atoms with Crippen molar-refractivity contribution in [2.45, 2.75) is 53.4 Å². The lowest BCUT2D eigenvalue weighted by molar-refractivity contribution is -0.117. The number of H-pyrrole nitrogens is 1. The molecule has 0 radical (unpaired) electrons. The number of nitrogens with zero attached hydrogens (tertiary/aromatic N) is 1. The number of carbonyl (C=O) groups excluding carboxylic acids is 1. The van der Waals surface area contributed by atoms with Gasteiger partial charge < -0.3 is 10.6 Å². The standard InChI is InChI=1S/C17H30N4O.ClH/c1-12(13-6-5-7-18-11-13)8-16(22)19-15-9-14(20-21-15)10-17(2,3)4;/h9,12-13,18H,5-8,10-11H2,1-4H3,(H2,19,20,21,22);1H. The lowest BCUT2D eigenvalue weighted by atomic mass is 9.85. The number of rotatable bonds is 5. The summed E-state index contributed by atoms with van der Waals surface area (Å²) in [6, 6.07) is 1.94. The van der Waals surface area contributed by atoms with Crippen molar-refractivity contribution in [1.82, 2.24) is 15.5 Å². The summed E-state index contributed by atoms with van der Waals surface area (Å²) in [6.45, 7) is 10.9. The molecule has 0 aliphatic carbocycles. The minimum absolute atomic E-state index is 0. The first kappa shape index (κ1) is 20.0. The zero-order chi connectivity index (χ0) is 16.2. The average Bonchev–Trinajstić information content (AvgIpc) is 2.84. The number of aromatic nitrogens is 2. The molecular formula is C17H31ClN4O. The van der Waals surface area contributed by atoms with Crippen LogP contribution >= 0.6 is 12.4 Å². The van der Waals surface area contributed by atoms with Crippen molar-refractivity contribution in [3.05, 3.63) is 11.8 Å². The van der Waals surface area contributed by atoms with Gasteiger partial charge >= 0.3 is 0 Å². The Kier molecular flexibility index (Phi) is 7.55. The fraction of sp³-hybridized carbons (Fsp3) is 0.765. The third-order valence-electron chi connectivity index (χ3n) is 4.27. The van der Waals surface area contributed by atoms with Gasteiger partial charge in [0.25, 0.3) is 0 Å². The van der Waals surface area contributed by atoms with Crippen molar-refractivity contribution in [2.24, 2.45) is 17.3 Å². The van der Waals surface area contributed by atoms with Gasteiger partial charge in [0.05, 0.1) is 0 Å². The van der Waals surface area contributed by atoms with Crippen molar-refractivity contribution >= 4 is 24.1 Å².